The lowest BCUT2D eigenvalue weighted by molar-refractivity contribution is 0.313. The molecule has 6 nitrogen and oxygen atoms in total. The lowest BCUT2D eigenvalue weighted by Crippen LogP contribution is -2.33. The highest BCUT2D eigenvalue weighted by Crippen LogP contribution is 2.39. The van der Waals surface area contributed by atoms with Crippen molar-refractivity contribution in [3.05, 3.63) is 81.8 Å². The molecular formula is C27H29BrN2O4. The second kappa shape index (κ2) is 10.9. The highest BCUT2D eigenvalue weighted by molar-refractivity contribution is 9.10. The summed E-state index contributed by atoms with van der Waals surface area (Å²) in [7, 11) is 1.64. The summed E-state index contributed by atoms with van der Waals surface area (Å²) in [6, 6.07) is 19.4. The predicted molar refractivity (Wildman–Crippen MR) is 137 cm³/mol. The topological polar surface area (TPSA) is 72.3 Å². The van der Waals surface area contributed by atoms with Crippen LogP contribution in [0.15, 0.2) is 70.1 Å². The maximum absolute atomic E-state index is 10.9. The van der Waals surface area contributed by atoms with Crippen molar-refractivity contribution in [1.29, 1.82) is 0 Å². The Hall–Kier alpha value is -3.03. The van der Waals surface area contributed by atoms with Crippen LogP contribution in [-0.2, 0) is 0 Å². The van der Waals surface area contributed by atoms with Gasteiger partial charge in [-0.05, 0) is 83.4 Å². The molecule has 0 aliphatic carbocycles. The quantitative estimate of drug-likeness (QED) is 0.367. The number of nitrogens with zero attached hydrogens (tertiary/aromatic N) is 1. The van der Waals surface area contributed by atoms with Crippen LogP contribution in [-0.4, -0.2) is 31.1 Å². The van der Waals surface area contributed by atoms with E-state index in [-0.39, 0.29) is 18.0 Å². The molecule has 0 bridgehead atoms. The maximum Gasteiger partial charge on any atom is 0.162 e. The summed E-state index contributed by atoms with van der Waals surface area (Å²) >= 11 is 3.58. The Balaban J connectivity index is 1.74. The number of hydrogen-bond acceptors (Lipinski definition) is 6. The van der Waals surface area contributed by atoms with Crippen LogP contribution in [0.5, 0.6) is 23.0 Å². The lowest BCUT2D eigenvalue weighted by atomic mass is 9.93. The number of hydrogen-bond donors (Lipinski definition) is 2. The van der Waals surface area contributed by atoms with E-state index < -0.39 is 0 Å². The first-order valence-corrected chi connectivity index (χ1v) is 12.2. The zero-order chi connectivity index (χ0) is 24.1. The minimum Gasteiger partial charge on any atom is -0.504 e. The Kier molecular flexibility index (Phi) is 7.75. The summed E-state index contributed by atoms with van der Waals surface area (Å²) in [5.41, 5.74) is 3.74. The molecule has 2 atom stereocenters. The first-order valence-electron chi connectivity index (χ1n) is 11.4. The first kappa shape index (κ1) is 24.1. The molecule has 0 amide bonds. The van der Waals surface area contributed by atoms with Crippen LogP contribution < -0.4 is 19.5 Å². The van der Waals surface area contributed by atoms with Crippen molar-refractivity contribution < 1.29 is 19.3 Å². The average Bonchev–Trinajstić information content (AvgIpc) is 2.86. The van der Waals surface area contributed by atoms with Crippen molar-refractivity contribution in [2.45, 2.75) is 32.5 Å². The molecule has 34 heavy (non-hydrogen) atoms. The Bertz CT molecular complexity index is 1160. The van der Waals surface area contributed by atoms with Gasteiger partial charge >= 0.3 is 0 Å². The normalized spacial score (nSPS) is 17.7. The van der Waals surface area contributed by atoms with E-state index in [4.69, 9.17) is 19.2 Å². The lowest BCUT2D eigenvalue weighted by Gasteiger charge is -2.31. The molecule has 7 heteroatoms. The molecule has 1 heterocycles. The van der Waals surface area contributed by atoms with Gasteiger partial charge < -0.3 is 19.3 Å². The Labute approximate surface area is 208 Å². The Morgan fingerprint density at radius 3 is 2.44 bits per heavy atom. The van der Waals surface area contributed by atoms with Crippen molar-refractivity contribution >= 4 is 21.6 Å². The van der Waals surface area contributed by atoms with Gasteiger partial charge in [0.25, 0.3) is 0 Å². The number of halogens is 1. The fraction of sp³-hybridized carbons (Fsp3) is 0.296. The minimum absolute atomic E-state index is 0.157. The van der Waals surface area contributed by atoms with Gasteiger partial charge in [-0.2, -0.15) is 0 Å². The molecule has 1 aliphatic rings. The number of rotatable bonds is 8. The van der Waals surface area contributed by atoms with Crippen LogP contribution >= 0.6 is 15.9 Å². The molecule has 0 spiro atoms. The number of phenolic OH excluding ortho intramolecular Hbond substituents is 1. The number of benzene rings is 3. The van der Waals surface area contributed by atoms with Crippen LogP contribution in [0.25, 0.3) is 0 Å². The number of aliphatic imine (C=N–C) groups is 1. The Morgan fingerprint density at radius 2 is 1.76 bits per heavy atom. The van der Waals surface area contributed by atoms with Crippen molar-refractivity contribution in [2.24, 2.45) is 4.99 Å². The van der Waals surface area contributed by atoms with Gasteiger partial charge in [0, 0.05) is 23.7 Å². The highest BCUT2D eigenvalue weighted by atomic mass is 79.9. The SMILES string of the molecule is CCOc1ccc(C2=NC(c3ccc(OC)c(Br)c3)NC(c3cccc(OCC)c3O)C2)cc1. The van der Waals surface area contributed by atoms with Crippen molar-refractivity contribution in [3.63, 3.8) is 0 Å². The summed E-state index contributed by atoms with van der Waals surface area (Å²) < 4.78 is 17.5. The van der Waals surface area contributed by atoms with Gasteiger partial charge in [-0.15, -0.1) is 0 Å². The third-order valence-electron chi connectivity index (χ3n) is 5.74. The van der Waals surface area contributed by atoms with Crippen molar-refractivity contribution in [1.82, 2.24) is 5.32 Å². The van der Waals surface area contributed by atoms with E-state index in [0.29, 0.717) is 25.4 Å². The molecule has 178 valence electrons. The van der Waals surface area contributed by atoms with Gasteiger partial charge in [0.1, 0.15) is 17.7 Å². The third kappa shape index (κ3) is 5.21. The van der Waals surface area contributed by atoms with Gasteiger partial charge in [0.05, 0.1) is 24.8 Å². The summed E-state index contributed by atoms with van der Waals surface area (Å²) in [5.74, 6) is 2.23. The molecule has 0 radical (unpaired) electrons. The molecule has 0 saturated heterocycles. The van der Waals surface area contributed by atoms with Crippen LogP contribution in [0.1, 0.15) is 49.2 Å². The van der Waals surface area contributed by atoms with Gasteiger partial charge in [0.15, 0.2) is 11.5 Å². The summed E-state index contributed by atoms with van der Waals surface area (Å²) in [4.78, 5) is 5.05. The standard InChI is InChI=1S/C27H29BrN2O4/c1-4-33-19-12-9-17(10-13-19)22-16-23(20-7-6-8-25(26(20)31)34-5-2)30-27(29-22)18-11-14-24(32-3)21(28)15-18/h6-15,23,27,30-31H,4-5,16H2,1-3H3. The zero-order valence-electron chi connectivity index (χ0n) is 19.5. The second-order valence-electron chi connectivity index (χ2n) is 7.88. The highest BCUT2D eigenvalue weighted by Gasteiger charge is 2.29. The number of ether oxygens (including phenoxy) is 3. The largest absolute Gasteiger partial charge is 0.504 e. The van der Waals surface area contributed by atoms with Gasteiger partial charge in [-0.25, -0.2) is 0 Å². The molecule has 3 aromatic rings. The third-order valence-corrected chi connectivity index (χ3v) is 6.36. The number of methoxy groups -OCH3 is 1. The van der Waals surface area contributed by atoms with E-state index in [1.54, 1.807) is 13.2 Å². The molecule has 3 aromatic carbocycles. The summed E-state index contributed by atoms with van der Waals surface area (Å²) in [6.07, 6.45) is 0.308. The first-order chi connectivity index (χ1) is 16.5. The molecule has 2 unspecified atom stereocenters. The zero-order valence-corrected chi connectivity index (χ0v) is 21.1. The predicted octanol–water partition coefficient (Wildman–Crippen LogP) is 6.18. The number of aromatic hydroxyl groups is 1. The molecule has 0 saturated carbocycles. The van der Waals surface area contributed by atoms with E-state index in [1.807, 2.05) is 68.4 Å². The molecule has 0 aromatic heterocycles. The van der Waals surface area contributed by atoms with E-state index in [2.05, 4.69) is 21.2 Å². The van der Waals surface area contributed by atoms with Crippen LogP contribution in [0.4, 0.5) is 0 Å². The van der Waals surface area contributed by atoms with E-state index in [0.717, 1.165) is 38.4 Å². The monoisotopic (exact) mass is 524 g/mol. The van der Waals surface area contributed by atoms with E-state index >= 15 is 0 Å². The van der Waals surface area contributed by atoms with Crippen molar-refractivity contribution in [2.75, 3.05) is 20.3 Å². The summed E-state index contributed by atoms with van der Waals surface area (Å²) in [6.45, 7) is 4.97. The maximum atomic E-state index is 10.9. The fourth-order valence-corrected chi connectivity index (χ4v) is 4.67. The number of phenols is 1. The minimum atomic E-state index is -0.308. The fourth-order valence-electron chi connectivity index (χ4n) is 4.11. The van der Waals surface area contributed by atoms with Crippen LogP contribution in [0.2, 0.25) is 0 Å². The van der Waals surface area contributed by atoms with E-state index in [1.165, 1.54) is 0 Å². The average molecular weight is 525 g/mol. The molecule has 4 rings (SSSR count). The summed E-state index contributed by atoms with van der Waals surface area (Å²) in [5, 5.41) is 14.6. The second-order valence-corrected chi connectivity index (χ2v) is 8.73. The molecular weight excluding hydrogens is 496 g/mol. The molecule has 2 N–H and O–H groups in total. The van der Waals surface area contributed by atoms with E-state index in [9.17, 15) is 5.11 Å². The number of para-hydroxylation sites is 1. The van der Waals surface area contributed by atoms with Gasteiger partial charge in [0.2, 0.25) is 0 Å². The molecule has 0 fully saturated rings. The Morgan fingerprint density at radius 1 is 1.00 bits per heavy atom. The molecule has 1 aliphatic heterocycles. The van der Waals surface area contributed by atoms with Crippen molar-refractivity contribution in [3.8, 4) is 23.0 Å². The van der Waals surface area contributed by atoms with Gasteiger partial charge in [-0.3, -0.25) is 10.3 Å². The van der Waals surface area contributed by atoms with Gasteiger partial charge in [-0.1, -0.05) is 18.2 Å². The van der Waals surface area contributed by atoms with Crippen LogP contribution in [0, 0.1) is 0 Å². The smallest absolute Gasteiger partial charge is 0.162 e. The van der Waals surface area contributed by atoms with Crippen LogP contribution in [0.3, 0.4) is 0 Å². The number of nitrogens with one attached hydrogen (secondary N) is 1.